The highest BCUT2D eigenvalue weighted by Gasteiger charge is 2.30. The topological polar surface area (TPSA) is 39.0 Å². The van der Waals surface area contributed by atoms with Crippen molar-refractivity contribution in [2.75, 3.05) is 14.2 Å². The third-order valence-electron chi connectivity index (χ3n) is 5.04. The van der Waals surface area contributed by atoms with Crippen molar-refractivity contribution >= 4 is 5.65 Å². The highest BCUT2D eigenvalue weighted by atomic mass is 16.5. The lowest BCUT2D eigenvalue weighted by molar-refractivity contribution is 0.239. The Balaban J connectivity index is 1.57. The van der Waals surface area contributed by atoms with Crippen LogP contribution < -0.4 is 9.47 Å². The Bertz CT molecular complexity index is 915. The average molecular weight is 351 g/mol. The second-order valence-corrected chi connectivity index (χ2v) is 6.94. The fraction of sp³-hybridized carbons (Fsp3) is 0.381. The highest BCUT2D eigenvalue weighted by molar-refractivity contribution is 5.42. The Hall–Kier alpha value is -2.53. The largest absolute Gasteiger partial charge is 0.497 e. The molecule has 3 aromatic rings. The first-order valence-corrected chi connectivity index (χ1v) is 9.06. The lowest BCUT2D eigenvalue weighted by Crippen LogP contribution is -2.25. The molecule has 136 valence electrons. The number of pyridine rings is 1. The summed E-state index contributed by atoms with van der Waals surface area (Å²) in [6, 6.07) is 12.9. The molecule has 0 amide bonds. The molecule has 0 aliphatic heterocycles. The average Bonchev–Trinajstić information content (AvgIpc) is 3.42. The van der Waals surface area contributed by atoms with Crippen molar-refractivity contribution in [2.24, 2.45) is 0 Å². The predicted octanol–water partition coefficient (Wildman–Crippen LogP) is 3.82. The molecule has 4 rings (SSSR count). The Kier molecular flexibility index (Phi) is 4.55. The van der Waals surface area contributed by atoms with Gasteiger partial charge in [-0.3, -0.25) is 4.90 Å². The lowest BCUT2D eigenvalue weighted by atomic mass is 10.1. The van der Waals surface area contributed by atoms with Gasteiger partial charge < -0.3 is 13.9 Å². The first kappa shape index (κ1) is 16.9. The fourth-order valence-electron chi connectivity index (χ4n) is 3.44. The van der Waals surface area contributed by atoms with Gasteiger partial charge in [0.25, 0.3) is 0 Å². The molecule has 0 atom stereocenters. The maximum absolute atomic E-state index is 5.58. The number of benzene rings is 1. The number of ether oxygens (including phenoxy) is 2. The minimum absolute atomic E-state index is 0.632. The fourth-order valence-corrected chi connectivity index (χ4v) is 3.44. The smallest absolute Gasteiger partial charge is 0.137 e. The molecule has 2 aromatic heterocycles. The summed E-state index contributed by atoms with van der Waals surface area (Å²) in [5.41, 5.74) is 4.51. The van der Waals surface area contributed by atoms with Crippen LogP contribution in [0.25, 0.3) is 5.65 Å². The van der Waals surface area contributed by atoms with Crippen LogP contribution in [0.15, 0.2) is 42.6 Å². The summed E-state index contributed by atoms with van der Waals surface area (Å²) in [4.78, 5) is 7.31. The van der Waals surface area contributed by atoms with Crippen LogP contribution in [-0.4, -0.2) is 34.5 Å². The SMILES string of the molecule is COc1ccc(CN(Cc2cn3c(C)cccc3n2)C2CC2)c(OC)c1. The highest BCUT2D eigenvalue weighted by Crippen LogP contribution is 2.33. The monoisotopic (exact) mass is 351 g/mol. The summed E-state index contributed by atoms with van der Waals surface area (Å²) in [5, 5.41) is 0. The molecule has 1 aliphatic rings. The van der Waals surface area contributed by atoms with E-state index in [-0.39, 0.29) is 0 Å². The van der Waals surface area contributed by atoms with Gasteiger partial charge in [0.15, 0.2) is 0 Å². The van der Waals surface area contributed by atoms with Gasteiger partial charge in [0.1, 0.15) is 17.1 Å². The summed E-state index contributed by atoms with van der Waals surface area (Å²) in [6.45, 7) is 3.81. The van der Waals surface area contributed by atoms with Crippen LogP contribution in [0.3, 0.4) is 0 Å². The first-order valence-electron chi connectivity index (χ1n) is 9.06. The van der Waals surface area contributed by atoms with Crippen molar-refractivity contribution in [1.29, 1.82) is 0 Å². The zero-order valence-corrected chi connectivity index (χ0v) is 15.6. The van der Waals surface area contributed by atoms with Gasteiger partial charge in [-0.05, 0) is 38.0 Å². The zero-order chi connectivity index (χ0) is 18.1. The van der Waals surface area contributed by atoms with Gasteiger partial charge in [-0.2, -0.15) is 0 Å². The molecule has 0 radical (unpaired) electrons. The molecular weight excluding hydrogens is 326 g/mol. The quantitative estimate of drug-likeness (QED) is 0.649. The predicted molar refractivity (Wildman–Crippen MR) is 102 cm³/mol. The molecular formula is C21H25N3O2. The van der Waals surface area contributed by atoms with Gasteiger partial charge in [-0.1, -0.05) is 12.1 Å². The van der Waals surface area contributed by atoms with E-state index in [2.05, 4.69) is 46.7 Å². The molecule has 26 heavy (non-hydrogen) atoms. The molecule has 1 aliphatic carbocycles. The maximum atomic E-state index is 5.58. The molecule has 0 spiro atoms. The van der Waals surface area contributed by atoms with Crippen molar-refractivity contribution in [3.05, 3.63) is 59.5 Å². The van der Waals surface area contributed by atoms with E-state index in [1.807, 2.05) is 12.1 Å². The van der Waals surface area contributed by atoms with Crippen LogP contribution in [0.5, 0.6) is 11.5 Å². The minimum atomic E-state index is 0.632. The van der Waals surface area contributed by atoms with Crippen molar-refractivity contribution < 1.29 is 9.47 Å². The van der Waals surface area contributed by atoms with Crippen molar-refractivity contribution in [3.8, 4) is 11.5 Å². The normalized spacial score (nSPS) is 14.2. The van der Waals surface area contributed by atoms with Crippen LogP contribution in [0.1, 0.15) is 29.8 Å². The maximum Gasteiger partial charge on any atom is 0.137 e. The van der Waals surface area contributed by atoms with E-state index in [9.17, 15) is 0 Å². The van der Waals surface area contributed by atoms with Crippen LogP contribution in [0, 0.1) is 6.92 Å². The van der Waals surface area contributed by atoms with Gasteiger partial charge in [0.2, 0.25) is 0 Å². The summed E-state index contributed by atoms with van der Waals surface area (Å²) in [7, 11) is 3.39. The number of methoxy groups -OCH3 is 2. The van der Waals surface area contributed by atoms with E-state index in [4.69, 9.17) is 14.5 Å². The van der Waals surface area contributed by atoms with Crippen LogP contribution in [0.2, 0.25) is 0 Å². The number of hydrogen-bond donors (Lipinski definition) is 0. The summed E-state index contributed by atoms with van der Waals surface area (Å²) >= 11 is 0. The number of nitrogens with zero attached hydrogens (tertiary/aromatic N) is 3. The van der Waals surface area contributed by atoms with E-state index in [0.717, 1.165) is 35.9 Å². The Labute approximate surface area is 154 Å². The number of imidazole rings is 1. The third kappa shape index (κ3) is 3.40. The van der Waals surface area contributed by atoms with Crippen LogP contribution in [0.4, 0.5) is 0 Å². The van der Waals surface area contributed by atoms with Crippen molar-refractivity contribution in [3.63, 3.8) is 0 Å². The second-order valence-electron chi connectivity index (χ2n) is 6.94. The molecule has 0 unspecified atom stereocenters. The molecule has 0 saturated heterocycles. The number of rotatable bonds is 7. The second kappa shape index (κ2) is 7.00. The van der Waals surface area contributed by atoms with Gasteiger partial charge in [-0.15, -0.1) is 0 Å². The Morgan fingerprint density at radius 1 is 1.12 bits per heavy atom. The van der Waals surface area contributed by atoms with Gasteiger partial charge in [0, 0.05) is 42.7 Å². The number of aromatic nitrogens is 2. The molecule has 1 saturated carbocycles. The van der Waals surface area contributed by atoms with Gasteiger partial charge >= 0.3 is 0 Å². The van der Waals surface area contributed by atoms with Crippen molar-refractivity contribution in [2.45, 2.75) is 38.9 Å². The standard InChI is InChI=1S/C21H25N3O2/c1-15-5-4-6-21-22-17(14-24(15)21)13-23(18-8-9-18)12-16-7-10-19(25-2)11-20(16)26-3/h4-7,10-11,14,18H,8-9,12-13H2,1-3H3. The summed E-state index contributed by atoms with van der Waals surface area (Å²) < 4.78 is 13.0. The molecule has 1 fully saturated rings. The Morgan fingerprint density at radius 3 is 2.65 bits per heavy atom. The molecule has 1 aromatic carbocycles. The van der Waals surface area contributed by atoms with E-state index in [0.29, 0.717) is 6.04 Å². The van der Waals surface area contributed by atoms with Crippen LogP contribution >= 0.6 is 0 Å². The van der Waals surface area contributed by atoms with Gasteiger partial charge in [-0.25, -0.2) is 4.98 Å². The molecule has 0 bridgehead atoms. The number of aryl methyl sites for hydroxylation is 1. The molecule has 5 heteroatoms. The summed E-state index contributed by atoms with van der Waals surface area (Å²) in [5.74, 6) is 1.69. The lowest BCUT2D eigenvalue weighted by Gasteiger charge is -2.22. The number of fused-ring (bicyclic) bond motifs is 1. The van der Waals surface area contributed by atoms with E-state index < -0.39 is 0 Å². The summed E-state index contributed by atoms with van der Waals surface area (Å²) in [6.07, 6.45) is 4.67. The molecule has 2 heterocycles. The van der Waals surface area contributed by atoms with E-state index in [1.165, 1.54) is 24.1 Å². The molecule has 0 N–H and O–H groups in total. The van der Waals surface area contributed by atoms with Crippen LogP contribution in [-0.2, 0) is 13.1 Å². The zero-order valence-electron chi connectivity index (χ0n) is 15.6. The molecule has 5 nitrogen and oxygen atoms in total. The number of hydrogen-bond acceptors (Lipinski definition) is 4. The Morgan fingerprint density at radius 2 is 1.96 bits per heavy atom. The minimum Gasteiger partial charge on any atom is -0.497 e. The van der Waals surface area contributed by atoms with Gasteiger partial charge in [0.05, 0.1) is 19.9 Å². The van der Waals surface area contributed by atoms with E-state index in [1.54, 1.807) is 14.2 Å². The third-order valence-corrected chi connectivity index (χ3v) is 5.04. The van der Waals surface area contributed by atoms with Crippen molar-refractivity contribution in [1.82, 2.24) is 14.3 Å². The first-order chi connectivity index (χ1) is 12.7. The van der Waals surface area contributed by atoms with E-state index >= 15 is 0 Å².